The van der Waals surface area contributed by atoms with E-state index in [-0.39, 0.29) is 31.1 Å². The molecule has 6 heteroatoms. The monoisotopic (exact) mass is 329 g/mol. The van der Waals surface area contributed by atoms with Gasteiger partial charge in [-0.05, 0) is 11.6 Å². The molecule has 126 valence electrons. The summed E-state index contributed by atoms with van der Waals surface area (Å²) < 4.78 is 11.1. The summed E-state index contributed by atoms with van der Waals surface area (Å²) in [5, 5.41) is 9.97. The lowest BCUT2D eigenvalue weighted by atomic mass is 9.85. The van der Waals surface area contributed by atoms with Crippen LogP contribution in [0.4, 0.5) is 0 Å². The highest BCUT2D eigenvalue weighted by molar-refractivity contribution is 5.94. The minimum absolute atomic E-state index is 0.151. The van der Waals surface area contributed by atoms with Crippen molar-refractivity contribution in [3.05, 3.63) is 60.4 Å². The molecule has 0 unspecified atom stereocenters. The van der Waals surface area contributed by atoms with E-state index >= 15 is 0 Å². The maximum atomic E-state index is 12.2. The number of β-lactam (4-membered cyclic amide) rings is 1. The third kappa shape index (κ3) is 2.59. The Morgan fingerprint density at radius 1 is 1.42 bits per heavy atom. The second kappa shape index (κ2) is 6.49. The highest BCUT2D eigenvalue weighted by Crippen LogP contribution is 2.46. The first-order valence-corrected chi connectivity index (χ1v) is 7.75. The molecule has 0 saturated carbocycles. The van der Waals surface area contributed by atoms with Gasteiger partial charge in [0.2, 0.25) is 11.4 Å². The molecule has 0 radical (unpaired) electrons. The quantitative estimate of drug-likeness (QED) is 0.468. The molecule has 24 heavy (non-hydrogen) atoms. The average Bonchev–Trinajstić information content (AvgIpc) is 2.81. The molecule has 1 amide bonds. The highest BCUT2D eigenvalue weighted by Gasteiger charge is 2.64. The van der Waals surface area contributed by atoms with E-state index in [9.17, 15) is 14.7 Å². The van der Waals surface area contributed by atoms with Crippen molar-refractivity contribution >= 4 is 11.9 Å². The zero-order valence-electron chi connectivity index (χ0n) is 13.2. The molecule has 2 atom stereocenters. The molecule has 0 aliphatic carbocycles. The molecule has 2 heterocycles. The van der Waals surface area contributed by atoms with Crippen molar-refractivity contribution in [1.29, 1.82) is 0 Å². The van der Waals surface area contributed by atoms with E-state index in [2.05, 4.69) is 6.58 Å². The number of aliphatic carboxylic acids is 1. The van der Waals surface area contributed by atoms with E-state index in [1.165, 1.54) is 4.90 Å². The van der Waals surface area contributed by atoms with Crippen molar-refractivity contribution in [2.24, 2.45) is 0 Å². The molecule has 2 aliphatic heterocycles. The molecule has 1 N–H and O–H groups in total. The molecule has 1 aromatic carbocycles. The van der Waals surface area contributed by atoms with E-state index in [0.29, 0.717) is 6.61 Å². The first-order valence-electron chi connectivity index (χ1n) is 7.75. The Hall–Kier alpha value is -2.60. The van der Waals surface area contributed by atoms with Crippen LogP contribution >= 0.6 is 0 Å². The number of fused-ring (bicyclic) bond motifs is 1. The van der Waals surface area contributed by atoms with Crippen LogP contribution in [0.5, 0.6) is 0 Å². The lowest BCUT2D eigenvalue weighted by Gasteiger charge is -2.40. The summed E-state index contributed by atoms with van der Waals surface area (Å²) in [5.41, 5.74) is -0.694. The molecular formula is C18H19NO5. The summed E-state index contributed by atoms with van der Waals surface area (Å²) in [5.74, 6) is -1.05. The minimum atomic E-state index is -1.51. The number of hydrogen-bond acceptors (Lipinski definition) is 4. The normalized spacial score (nSPS) is 26.7. The van der Waals surface area contributed by atoms with Crippen LogP contribution in [0.15, 0.2) is 54.8 Å². The largest absolute Gasteiger partial charge is 0.479 e. The number of benzene rings is 1. The van der Waals surface area contributed by atoms with Crippen LogP contribution in [-0.4, -0.2) is 46.9 Å². The second-order valence-electron chi connectivity index (χ2n) is 5.76. The minimum Gasteiger partial charge on any atom is -0.479 e. The van der Waals surface area contributed by atoms with Gasteiger partial charge in [-0.25, -0.2) is 4.79 Å². The van der Waals surface area contributed by atoms with Gasteiger partial charge >= 0.3 is 5.97 Å². The maximum absolute atomic E-state index is 12.2. The van der Waals surface area contributed by atoms with E-state index in [1.807, 2.05) is 30.3 Å². The van der Waals surface area contributed by atoms with E-state index < -0.39 is 17.7 Å². The van der Waals surface area contributed by atoms with Crippen LogP contribution in [0, 0.1) is 0 Å². The van der Waals surface area contributed by atoms with Crippen molar-refractivity contribution in [3.8, 4) is 0 Å². The Kier molecular flexibility index (Phi) is 4.40. The van der Waals surface area contributed by atoms with Gasteiger partial charge in [-0.3, -0.25) is 9.69 Å². The number of hydrogen-bond donors (Lipinski definition) is 1. The van der Waals surface area contributed by atoms with Gasteiger partial charge in [0.15, 0.2) is 6.23 Å². The zero-order valence-corrected chi connectivity index (χ0v) is 13.2. The fourth-order valence-electron chi connectivity index (χ4n) is 3.15. The standard InChI is InChI=1S/C18H19NO5/c1-2-9-23-10-8-14-18(17(21)22,12-13-6-4-3-5-7-13)19-15(20)11-16(19)24-14/h2-8,16H,1,9-12H2,(H,21,22)/b14-8-/t16-,18-/m1/s1. The Morgan fingerprint density at radius 2 is 2.17 bits per heavy atom. The predicted octanol–water partition coefficient (Wildman–Crippen LogP) is 1.73. The maximum Gasteiger partial charge on any atom is 0.338 e. The first-order chi connectivity index (χ1) is 11.6. The van der Waals surface area contributed by atoms with Gasteiger partial charge in [-0.2, -0.15) is 0 Å². The molecule has 2 saturated heterocycles. The fourth-order valence-corrected chi connectivity index (χ4v) is 3.15. The van der Waals surface area contributed by atoms with Crippen LogP contribution in [0.1, 0.15) is 12.0 Å². The molecule has 1 aromatic rings. The van der Waals surface area contributed by atoms with E-state index in [0.717, 1.165) is 5.56 Å². The van der Waals surface area contributed by atoms with Crippen molar-refractivity contribution in [2.45, 2.75) is 24.6 Å². The summed E-state index contributed by atoms with van der Waals surface area (Å²) in [7, 11) is 0. The number of ether oxygens (including phenoxy) is 2. The Labute approximate surface area is 140 Å². The number of rotatable bonds is 7. The molecule has 0 bridgehead atoms. The van der Waals surface area contributed by atoms with Gasteiger partial charge in [0.25, 0.3) is 0 Å². The van der Waals surface area contributed by atoms with Crippen molar-refractivity contribution in [2.75, 3.05) is 13.2 Å². The summed E-state index contributed by atoms with van der Waals surface area (Å²) in [6.07, 6.45) is 3.06. The number of amides is 1. The van der Waals surface area contributed by atoms with Gasteiger partial charge in [0, 0.05) is 6.42 Å². The summed E-state index contributed by atoms with van der Waals surface area (Å²) >= 11 is 0. The van der Waals surface area contributed by atoms with Gasteiger partial charge in [-0.15, -0.1) is 6.58 Å². The Morgan fingerprint density at radius 3 is 2.79 bits per heavy atom. The predicted molar refractivity (Wildman–Crippen MR) is 85.9 cm³/mol. The van der Waals surface area contributed by atoms with Crippen molar-refractivity contribution in [1.82, 2.24) is 4.90 Å². The number of carboxylic acids is 1. The lowest BCUT2D eigenvalue weighted by molar-refractivity contribution is -0.170. The Balaban J connectivity index is 1.95. The van der Waals surface area contributed by atoms with E-state index in [1.54, 1.807) is 12.2 Å². The van der Waals surface area contributed by atoms with Gasteiger partial charge in [0.05, 0.1) is 19.6 Å². The summed E-state index contributed by atoms with van der Waals surface area (Å²) in [4.78, 5) is 25.6. The molecular weight excluding hydrogens is 310 g/mol. The number of nitrogens with zero attached hydrogens (tertiary/aromatic N) is 1. The van der Waals surface area contributed by atoms with Gasteiger partial charge in [0.1, 0.15) is 5.76 Å². The van der Waals surface area contributed by atoms with Crippen LogP contribution < -0.4 is 0 Å². The molecule has 3 rings (SSSR count). The third-order valence-corrected chi connectivity index (χ3v) is 4.27. The van der Waals surface area contributed by atoms with Crippen LogP contribution in [0.3, 0.4) is 0 Å². The molecule has 0 aromatic heterocycles. The van der Waals surface area contributed by atoms with E-state index in [4.69, 9.17) is 9.47 Å². The lowest BCUT2D eigenvalue weighted by Crippen LogP contribution is -2.63. The molecule has 0 spiro atoms. The van der Waals surface area contributed by atoms with Crippen LogP contribution in [0.25, 0.3) is 0 Å². The first kappa shape index (κ1) is 16.3. The third-order valence-electron chi connectivity index (χ3n) is 4.27. The van der Waals surface area contributed by atoms with Crippen molar-refractivity contribution in [3.63, 3.8) is 0 Å². The second-order valence-corrected chi connectivity index (χ2v) is 5.76. The fraction of sp³-hybridized carbons (Fsp3) is 0.333. The molecule has 2 fully saturated rings. The number of carboxylic acid groups (broad SMARTS) is 1. The van der Waals surface area contributed by atoms with Crippen LogP contribution in [0.2, 0.25) is 0 Å². The summed E-state index contributed by atoms with van der Waals surface area (Å²) in [6.45, 7) is 4.11. The number of carbonyl (C=O) groups is 2. The highest BCUT2D eigenvalue weighted by atomic mass is 16.5. The van der Waals surface area contributed by atoms with Gasteiger partial charge in [-0.1, -0.05) is 36.4 Å². The van der Waals surface area contributed by atoms with Crippen molar-refractivity contribution < 1.29 is 24.2 Å². The van der Waals surface area contributed by atoms with Gasteiger partial charge < -0.3 is 14.6 Å². The Bertz CT molecular complexity index is 684. The topological polar surface area (TPSA) is 76.1 Å². The average molecular weight is 329 g/mol. The summed E-state index contributed by atoms with van der Waals surface area (Å²) in [6, 6.07) is 9.22. The zero-order chi connectivity index (χ0) is 17.2. The molecule has 6 nitrogen and oxygen atoms in total. The number of carbonyl (C=O) groups excluding carboxylic acids is 1. The SMILES string of the molecule is C=CCOC/C=C1\O[C@@H]2CC(=O)N2[C@@]1(Cc1ccccc1)C(=O)O. The smallest absolute Gasteiger partial charge is 0.338 e. The molecule has 2 aliphatic rings. The van der Waals surface area contributed by atoms with Crippen LogP contribution in [-0.2, 0) is 25.5 Å².